The van der Waals surface area contributed by atoms with E-state index in [9.17, 15) is 4.79 Å². The number of rotatable bonds is 2. The van der Waals surface area contributed by atoms with E-state index in [2.05, 4.69) is 20.7 Å². The van der Waals surface area contributed by atoms with E-state index >= 15 is 0 Å². The number of amides is 1. The van der Waals surface area contributed by atoms with Gasteiger partial charge in [0.25, 0.3) is 5.91 Å². The predicted molar refractivity (Wildman–Crippen MR) is 54.4 cm³/mol. The number of aromatic nitrogens is 3. The molecule has 1 fully saturated rings. The monoisotopic (exact) mass is 209 g/mol. The fraction of sp³-hybridized carbons (Fsp3) is 0.667. The second kappa shape index (κ2) is 4.39. The first-order valence-electron chi connectivity index (χ1n) is 5.12. The molecule has 6 nitrogen and oxygen atoms in total. The number of aromatic amines is 1. The van der Waals surface area contributed by atoms with Crippen molar-refractivity contribution >= 4 is 5.91 Å². The van der Waals surface area contributed by atoms with Crippen LogP contribution in [0.3, 0.4) is 0 Å². The smallest absolute Gasteiger partial charge is 0.276 e. The van der Waals surface area contributed by atoms with Gasteiger partial charge in [-0.1, -0.05) is 0 Å². The van der Waals surface area contributed by atoms with Gasteiger partial charge in [0.1, 0.15) is 0 Å². The van der Waals surface area contributed by atoms with Gasteiger partial charge in [-0.2, -0.15) is 15.4 Å². The van der Waals surface area contributed by atoms with Gasteiger partial charge in [0, 0.05) is 13.1 Å². The quantitative estimate of drug-likeness (QED) is 0.697. The van der Waals surface area contributed by atoms with Crippen LogP contribution in [0.25, 0.3) is 0 Å². The molecular weight excluding hydrogens is 194 g/mol. The summed E-state index contributed by atoms with van der Waals surface area (Å²) in [5.74, 6) is -0.0596. The van der Waals surface area contributed by atoms with Gasteiger partial charge in [-0.05, 0) is 25.9 Å². The molecule has 1 saturated heterocycles. The lowest BCUT2D eigenvalue weighted by Gasteiger charge is -2.31. The van der Waals surface area contributed by atoms with E-state index in [0.717, 1.165) is 25.9 Å². The van der Waals surface area contributed by atoms with E-state index in [4.69, 9.17) is 0 Å². The van der Waals surface area contributed by atoms with Crippen LogP contribution in [-0.4, -0.2) is 52.4 Å². The van der Waals surface area contributed by atoms with E-state index in [-0.39, 0.29) is 5.91 Å². The van der Waals surface area contributed by atoms with Crippen molar-refractivity contribution < 1.29 is 4.79 Å². The number of carbonyl (C=O) groups excluding carboxylic acids is 1. The molecule has 2 N–H and O–H groups in total. The highest BCUT2D eigenvalue weighted by Crippen LogP contribution is 2.11. The van der Waals surface area contributed by atoms with Gasteiger partial charge in [-0.15, -0.1) is 0 Å². The summed E-state index contributed by atoms with van der Waals surface area (Å²) >= 11 is 0. The van der Waals surface area contributed by atoms with E-state index in [1.54, 1.807) is 4.90 Å². The van der Waals surface area contributed by atoms with Crippen molar-refractivity contribution in [2.75, 3.05) is 20.1 Å². The van der Waals surface area contributed by atoms with Crippen LogP contribution >= 0.6 is 0 Å². The van der Waals surface area contributed by atoms with Crippen molar-refractivity contribution in [3.05, 3.63) is 11.9 Å². The molecule has 1 aromatic rings. The molecule has 15 heavy (non-hydrogen) atoms. The molecule has 1 aliphatic rings. The van der Waals surface area contributed by atoms with Crippen LogP contribution in [0.2, 0.25) is 0 Å². The lowest BCUT2D eigenvalue weighted by molar-refractivity contribution is 0.0697. The number of nitrogens with zero attached hydrogens (tertiary/aromatic N) is 3. The van der Waals surface area contributed by atoms with Gasteiger partial charge >= 0.3 is 0 Å². The molecule has 0 radical (unpaired) electrons. The predicted octanol–water partition coefficient (Wildman–Crippen LogP) is -0.371. The molecule has 6 heteroatoms. The van der Waals surface area contributed by atoms with Crippen molar-refractivity contribution in [1.29, 1.82) is 0 Å². The summed E-state index contributed by atoms with van der Waals surface area (Å²) in [5, 5.41) is 13.1. The van der Waals surface area contributed by atoms with Crippen LogP contribution in [0.4, 0.5) is 0 Å². The molecule has 0 aromatic carbocycles. The highest BCUT2D eigenvalue weighted by molar-refractivity contribution is 5.91. The minimum Gasteiger partial charge on any atom is -0.337 e. The molecule has 0 spiro atoms. The third-order valence-corrected chi connectivity index (χ3v) is 2.81. The van der Waals surface area contributed by atoms with E-state index in [1.165, 1.54) is 6.20 Å². The number of hydrogen-bond donors (Lipinski definition) is 2. The average molecular weight is 209 g/mol. The highest BCUT2D eigenvalue weighted by atomic mass is 16.2. The lowest BCUT2D eigenvalue weighted by Crippen LogP contribution is -2.44. The summed E-state index contributed by atoms with van der Waals surface area (Å²) in [6, 6.07) is 0.315. The summed E-state index contributed by atoms with van der Waals surface area (Å²) in [6.07, 6.45) is 3.46. The van der Waals surface area contributed by atoms with E-state index < -0.39 is 0 Å². The molecule has 2 rings (SSSR count). The largest absolute Gasteiger partial charge is 0.337 e. The zero-order chi connectivity index (χ0) is 10.7. The summed E-state index contributed by atoms with van der Waals surface area (Å²) in [5.41, 5.74) is 0.385. The lowest BCUT2D eigenvalue weighted by atomic mass is 10.1. The SMILES string of the molecule is CN(C(=O)c1cn[nH]n1)C1CCNCC1. The molecule has 0 bridgehead atoms. The minimum absolute atomic E-state index is 0.0596. The molecule has 1 amide bonds. The van der Waals surface area contributed by atoms with Crippen LogP contribution in [0.5, 0.6) is 0 Å². The number of carbonyl (C=O) groups is 1. The Kier molecular flexibility index (Phi) is 2.96. The summed E-state index contributed by atoms with van der Waals surface area (Å²) in [4.78, 5) is 13.7. The van der Waals surface area contributed by atoms with Crippen molar-refractivity contribution in [2.24, 2.45) is 0 Å². The fourth-order valence-corrected chi connectivity index (χ4v) is 1.85. The van der Waals surface area contributed by atoms with Crippen molar-refractivity contribution in [2.45, 2.75) is 18.9 Å². The first-order valence-corrected chi connectivity index (χ1v) is 5.12. The molecule has 1 aromatic heterocycles. The Labute approximate surface area is 88.0 Å². The summed E-state index contributed by atoms with van der Waals surface area (Å²) in [6.45, 7) is 1.95. The molecular formula is C9H15N5O. The van der Waals surface area contributed by atoms with E-state index in [0.29, 0.717) is 11.7 Å². The van der Waals surface area contributed by atoms with Gasteiger partial charge in [0.2, 0.25) is 0 Å². The zero-order valence-electron chi connectivity index (χ0n) is 8.73. The van der Waals surface area contributed by atoms with Gasteiger partial charge in [0.15, 0.2) is 5.69 Å². The Hall–Kier alpha value is -1.43. The maximum atomic E-state index is 11.9. The number of H-pyrrole nitrogens is 1. The van der Waals surface area contributed by atoms with Crippen molar-refractivity contribution in [1.82, 2.24) is 25.6 Å². The van der Waals surface area contributed by atoms with Crippen molar-refractivity contribution in [3.8, 4) is 0 Å². The molecule has 2 heterocycles. The van der Waals surface area contributed by atoms with Gasteiger partial charge in [0.05, 0.1) is 6.20 Å². The molecule has 0 atom stereocenters. The standard InChI is InChI=1S/C9H15N5O/c1-14(7-2-4-10-5-3-7)9(15)8-6-11-13-12-8/h6-7,10H,2-5H2,1H3,(H,11,12,13). The fourth-order valence-electron chi connectivity index (χ4n) is 1.85. The summed E-state index contributed by atoms with van der Waals surface area (Å²) < 4.78 is 0. The first kappa shape index (κ1) is 10.1. The molecule has 0 saturated carbocycles. The minimum atomic E-state index is -0.0596. The van der Waals surface area contributed by atoms with Crippen LogP contribution in [0.15, 0.2) is 6.20 Å². The van der Waals surface area contributed by atoms with Crippen molar-refractivity contribution in [3.63, 3.8) is 0 Å². The second-order valence-corrected chi connectivity index (χ2v) is 3.75. The Bertz CT molecular complexity index is 317. The average Bonchev–Trinajstić information content (AvgIpc) is 2.82. The second-order valence-electron chi connectivity index (χ2n) is 3.75. The van der Waals surface area contributed by atoms with Crippen LogP contribution in [0.1, 0.15) is 23.3 Å². The van der Waals surface area contributed by atoms with Gasteiger partial charge < -0.3 is 10.2 Å². The maximum absolute atomic E-state index is 11.9. The number of nitrogens with one attached hydrogen (secondary N) is 2. The Morgan fingerprint density at radius 3 is 2.87 bits per heavy atom. The molecule has 0 unspecified atom stereocenters. The number of hydrogen-bond acceptors (Lipinski definition) is 4. The normalized spacial score (nSPS) is 17.7. The topological polar surface area (TPSA) is 73.9 Å². The first-order chi connectivity index (χ1) is 7.29. The Balaban J connectivity index is 2.00. The molecule has 0 aliphatic carbocycles. The maximum Gasteiger partial charge on any atom is 0.276 e. The zero-order valence-corrected chi connectivity index (χ0v) is 8.73. The highest BCUT2D eigenvalue weighted by Gasteiger charge is 2.23. The van der Waals surface area contributed by atoms with Crippen LogP contribution in [-0.2, 0) is 0 Å². The van der Waals surface area contributed by atoms with Crippen LogP contribution < -0.4 is 5.32 Å². The third kappa shape index (κ3) is 2.15. The molecule has 82 valence electrons. The third-order valence-electron chi connectivity index (χ3n) is 2.81. The van der Waals surface area contributed by atoms with Gasteiger partial charge in [-0.25, -0.2) is 0 Å². The Morgan fingerprint density at radius 2 is 2.27 bits per heavy atom. The van der Waals surface area contributed by atoms with E-state index in [1.807, 2.05) is 7.05 Å². The van der Waals surface area contributed by atoms with Crippen LogP contribution in [0, 0.1) is 0 Å². The Morgan fingerprint density at radius 1 is 1.53 bits per heavy atom. The number of piperidine rings is 1. The van der Waals surface area contributed by atoms with Gasteiger partial charge in [-0.3, -0.25) is 4.79 Å². The summed E-state index contributed by atoms with van der Waals surface area (Å²) in [7, 11) is 1.83. The molecule has 1 aliphatic heterocycles.